The Morgan fingerprint density at radius 3 is 2.29 bits per heavy atom. The third-order valence-corrected chi connectivity index (χ3v) is 6.55. The zero-order valence-corrected chi connectivity index (χ0v) is 13.5. The minimum Gasteiger partial charge on any atom is -0.295 e. The number of hydrogen-bond donors (Lipinski definition) is 0. The molecule has 10 heteroatoms. The fourth-order valence-corrected chi connectivity index (χ4v) is 5.51. The first-order valence-corrected chi connectivity index (χ1v) is 9.87. The molecule has 2 atom stereocenters. The number of hydrogen-bond acceptors (Lipinski definition) is 5. The number of alkyl halides is 1. The first kappa shape index (κ1) is 18.2. The average molecular weight is 347 g/mol. The molecule has 0 N–H and O–H groups in total. The second kappa shape index (κ2) is 8.39. The summed E-state index contributed by atoms with van der Waals surface area (Å²) >= 11 is 15.8. The Bertz CT molecular complexity index is 312. The summed E-state index contributed by atoms with van der Waals surface area (Å²) in [6.45, 7) is -0.241. The van der Waals surface area contributed by atoms with E-state index < -0.39 is 14.5 Å². The van der Waals surface area contributed by atoms with Gasteiger partial charge in [0.25, 0.3) is 0 Å². The normalized spacial score (nSPS) is 18.9. The van der Waals surface area contributed by atoms with E-state index in [-0.39, 0.29) is 24.6 Å². The van der Waals surface area contributed by atoms with Gasteiger partial charge in [0.05, 0.1) is 24.6 Å². The van der Waals surface area contributed by atoms with Crippen LogP contribution in [0.15, 0.2) is 0 Å². The summed E-state index contributed by atoms with van der Waals surface area (Å²) in [6.07, 6.45) is 0.533. The van der Waals surface area contributed by atoms with Crippen molar-refractivity contribution in [3.05, 3.63) is 0 Å². The maximum absolute atomic E-state index is 11.9. The van der Waals surface area contributed by atoms with E-state index in [0.29, 0.717) is 6.42 Å². The van der Waals surface area contributed by atoms with Crippen LogP contribution in [0.25, 0.3) is 0 Å². The summed E-state index contributed by atoms with van der Waals surface area (Å²) in [7, 11) is -3.71. The highest BCUT2D eigenvalue weighted by Gasteiger charge is 2.36. The lowest BCUT2D eigenvalue weighted by Crippen LogP contribution is -1.99. The molecule has 104 valence electrons. The van der Waals surface area contributed by atoms with Gasteiger partial charge in [-0.2, -0.15) is 4.08 Å². The second-order valence-corrected chi connectivity index (χ2v) is 9.23. The van der Waals surface area contributed by atoms with E-state index >= 15 is 0 Å². The smallest absolute Gasteiger partial charge is 0.295 e. The molecule has 0 aromatic rings. The van der Waals surface area contributed by atoms with Crippen LogP contribution in [0.3, 0.4) is 0 Å². The maximum atomic E-state index is 11.9. The van der Waals surface area contributed by atoms with E-state index in [4.69, 9.17) is 34.7 Å². The molecule has 0 aliphatic rings. The average Bonchev–Trinajstić information content (AvgIpc) is 2.23. The van der Waals surface area contributed by atoms with Gasteiger partial charge in [0, 0.05) is 17.1 Å². The number of halogens is 3. The van der Waals surface area contributed by atoms with Gasteiger partial charge < -0.3 is 0 Å². The summed E-state index contributed by atoms with van der Waals surface area (Å²) in [4.78, 5) is 0. The molecule has 0 aliphatic carbocycles. The first-order valence-electron chi connectivity index (χ1n) is 4.85. The van der Waals surface area contributed by atoms with E-state index in [9.17, 15) is 9.13 Å². The van der Waals surface area contributed by atoms with Gasteiger partial charge >= 0.3 is 14.5 Å². The lowest BCUT2D eigenvalue weighted by Gasteiger charge is -2.18. The Balaban J connectivity index is 4.45. The summed E-state index contributed by atoms with van der Waals surface area (Å²) in [5, 5.41) is 0. The molecule has 0 bridgehead atoms. The fraction of sp³-hybridized carbons (Fsp3) is 1.00. The van der Waals surface area contributed by atoms with Crippen molar-refractivity contribution in [1.29, 1.82) is 0 Å². The lowest BCUT2D eigenvalue weighted by molar-refractivity contribution is 0.284. The van der Waals surface area contributed by atoms with Crippen LogP contribution < -0.4 is 0 Å². The predicted octanol–water partition coefficient (Wildman–Crippen LogP) is 5.01. The van der Waals surface area contributed by atoms with Crippen LogP contribution in [0.4, 0.5) is 0 Å². The van der Waals surface area contributed by atoms with Gasteiger partial charge in [-0.3, -0.25) is 9.09 Å². The third-order valence-electron chi connectivity index (χ3n) is 1.63. The first-order chi connectivity index (χ1) is 7.74. The highest BCUT2D eigenvalue weighted by molar-refractivity contribution is 7.85. The van der Waals surface area contributed by atoms with E-state index in [2.05, 4.69) is 12.9 Å². The van der Waals surface area contributed by atoms with Crippen LogP contribution in [-0.4, -0.2) is 18.6 Å². The van der Waals surface area contributed by atoms with Crippen molar-refractivity contribution in [1.82, 2.24) is 0 Å². The molecule has 5 nitrogen and oxygen atoms in total. The van der Waals surface area contributed by atoms with Gasteiger partial charge in [-0.05, 0) is 12.3 Å². The van der Waals surface area contributed by atoms with Crippen molar-refractivity contribution in [2.24, 2.45) is 5.92 Å². The Morgan fingerprint density at radius 1 is 1.29 bits per heavy atom. The van der Waals surface area contributed by atoms with Crippen LogP contribution >= 0.6 is 49.3 Å². The van der Waals surface area contributed by atoms with Gasteiger partial charge in [-0.1, -0.05) is 13.8 Å². The van der Waals surface area contributed by atoms with Gasteiger partial charge in [-0.15, -0.1) is 11.6 Å². The van der Waals surface area contributed by atoms with Crippen molar-refractivity contribution >= 4 is 49.3 Å². The second-order valence-electron chi connectivity index (χ2n) is 3.62. The number of rotatable bonds is 9. The summed E-state index contributed by atoms with van der Waals surface area (Å²) in [5.74, 6) is 0.343. The zero-order valence-electron chi connectivity index (χ0n) is 9.48. The van der Waals surface area contributed by atoms with E-state index in [0.717, 1.165) is 0 Å². The molecule has 0 saturated heterocycles. The van der Waals surface area contributed by atoms with Gasteiger partial charge in [-0.25, -0.2) is 8.88 Å². The van der Waals surface area contributed by atoms with Crippen molar-refractivity contribution in [2.75, 3.05) is 18.6 Å². The Hall–Kier alpha value is 1.21. The molecule has 0 aromatic heterocycles. The summed E-state index contributed by atoms with van der Waals surface area (Å²) in [5.41, 5.74) is 0. The van der Waals surface area contributed by atoms with E-state index in [1.807, 2.05) is 13.8 Å². The Kier molecular flexibility index (Phi) is 8.99. The Morgan fingerprint density at radius 2 is 1.88 bits per heavy atom. The molecule has 0 saturated carbocycles. The molecule has 0 heterocycles. The standard InChI is InChI=1S/C7H15Cl3O5P2/c1-7(2)3-6-16(11,14-9)15-17(10,12)13-5-4-8/h7H,3-6H2,1-2H3. The molecule has 0 rings (SSSR count). The summed E-state index contributed by atoms with van der Waals surface area (Å²) < 4.78 is 37.0. The molecule has 0 amide bonds. The molecular formula is C7H15Cl3O5P2. The molecule has 0 spiro atoms. The molecule has 0 aliphatic heterocycles. The predicted molar refractivity (Wildman–Crippen MR) is 70.1 cm³/mol. The third kappa shape index (κ3) is 8.85. The molecule has 0 fully saturated rings. The monoisotopic (exact) mass is 346 g/mol. The van der Waals surface area contributed by atoms with Gasteiger partial charge in [0.15, 0.2) is 0 Å². The zero-order chi connectivity index (χ0) is 13.5. The van der Waals surface area contributed by atoms with Crippen LogP contribution in [0, 0.1) is 5.92 Å². The van der Waals surface area contributed by atoms with Crippen LogP contribution in [0.5, 0.6) is 0 Å². The quantitative estimate of drug-likeness (QED) is 0.433. The van der Waals surface area contributed by atoms with E-state index in [1.54, 1.807) is 0 Å². The van der Waals surface area contributed by atoms with Crippen LogP contribution in [-0.2, 0) is 22.0 Å². The molecule has 0 radical (unpaired) electrons. The van der Waals surface area contributed by atoms with Crippen molar-refractivity contribution in [3.63, 3.8) is 0 Å². The Labute approximate surface area is 116 Å². The lowest BCUT2D eigenvalue weighted by atomic mass is 10.2. The minimum absolute atomic E-state index is 0.00904. The van der Waals surface area contributed by atoms with Gasteiger partial charge in [0.1, 0.15) is 0 Å². The SMILES string of the molecule is CC(C)CCP(=O)(OCl)OP(=O)(Cl)OCCCl. The highest BCUT2D eigenvalue weighted by Crippen LogP contribution is 2.68. The molecule has 17 heavy (non-hydrogen) atoms. The van der Waals surface area contributed by atoms with Crippen LogP contribution in [0.2, 0.25) is 0 Å². The molecule has 0 aromatic carbocycles. The van der Waals surface area contributed by atoms with Crippen molar-refractivity contribution in [2.45, 2.75) is 20.3 Å². The van der Waals surface area contributed by atoms with Gasteiger partial charge in [0.2, 0.25) is 0 Å². The largest absolute Gasteiger partial charge is 0.431 e. The molecule has 2 unspecified atom stereocenters. The topological polar surface area (TPSA) is 61.8 Å². The molecular weight excluding hydrogens is 332 g/mol. The minimum atomic E-state index is -3.99. The van der Waals surface area contributed by atoms with Crippen molar-refractivity contribution in [3.8, 4) is 0 Å². The highest BCUT2D eigenvalue weighted by atomic mass is 35.7. The van der Waals surface area contributed by atoms with Crippen molar-refractivity contribution < 1.29 is 22.0 Å². The summed E-state index contributed by atoms with van der Waals surface area (Å²) in [6, 6.07) is 0. The van der Waals surface area contributed by atoms with Crippen LogP contribution in [0.1, 0.15) is 20.3 Å². The van der Waals surface area contributed by atoms with E-state index in [1.165, 1.54) is 0 Å². The maximum Gasteiger partial charge on any atom is 0.431 e. The fourth-order valence-electron chi connectivity index (χ4n) is 0.820.